The predicted molar refractivity (Wildman–Crippen MR) is 111 cm³/mol. The number of aromatic nitrogens is 1. The zero-order chi connectivity index (χ0) is 19.4. The minimum atomic E-state index is 0.269. The molecule has 3 aromatic rings. The van der Waals surface area contributed by atoms with Crippen LogP contribution < -0.4 is 0 Å². The lowest BCUT2D eigenvalue weighted by Gasteiger charge is -2.11. The number of halogens is 1. The van der Waals surface area contributed by atoms with Crippen molar-refractivity contribution in [2.45, 2.75) is 27.4 Å². The highest BCUT2D eigenvalue weighted by molar-refractivity contribution is 9.10. The molecule has 0 aliphatic carbocycles. The third kappa shape index (κ3) is 4.12. The van der Waals surface area contributed by atoms with Crippen LogP contribution in [0.25, 0.3) is 5.69 Å². The molecular weight excluding hydrogens is 402 g/mol. The predicted octanol–water partition coefficient (Wildman–Crippen LogP) is 5.59. The van der Waals surface area contributed by atoms with Gasteiger partial charge in [0.2, 0.25) is 0 Å². The minimum Gasteiger partial charge on any atom is -0.391 e. The number of rotatable bonds is 5. The summed E-state index contributed by atoms with van der Waals surface area (Å²) in [6.07, 6.45) is 1.72. The van der Waals surface area contributed by atoms with Gasteiger partial charge < -0.3 is 9.40 Å². The van der Waals surface area contributed by atoms with Crippen molar-refractivity contribution in [2.24, 2.45) is 5.16 Å². The lowest BCUT2D eigenvalue weighted by Crippen LogP contribution is -2.00. The Hall–Kier alpha value is -2.84. The molecule has 0 spiro atoms. The summed E-state index contributed by atoms with van der Waals surface area (Å²) in [5.41, 5.74) is 6.97. The monoisotopic (exact) mass is 421 g/mol. The summed E-state index contributed by atoms with van der Waals surface area (Å²) in [6.45, 7) is 6.49. The van der Waals surface area contributed by atoms with Crippen LogP contribution in [0.2, 0.25) is 0 Å². The second-order valence-electron chi connectivity index (χ2n) is 6.37. The highest BCUT2D eigenvalue weighted by Crippen LogP contribution is 2.24. The molecule has 136 valence electrons. The van der Waals surface area contributed by atoms with Gasteiger partial charge in [0.15, 0.2) is 0 Å². The molecule has 0 aliphatic rings. The summed E-state index contributed by atoms with van der Waals surface area (Å²) >= 11 is 3.55. The Bertz CT molecular complexity index is 1040. The Balaban J connectivity index is 1.77. The third-order valence-corrected chi connectivity index (χ3v) is 5.38. The lowest BCUT2D eigenvalue weighted by atomic mass is 10.1. The van der Waals surface area contributed by atoms with E-state index in [2.05, 4.69) is 76.8 Å². The number of benzene rings is 2. The van der Waals surface area contributed by atoms with Crippen molar-refractivity contribution in [1.29, 1.82) is 5.26 Å². The molecule has 1 aromatic heterocycles. The van der Waals surface area contributed by atoms with Crippen molar-refractivity contribution < 1.29 is 4.84 Å². The van der Waals surface area contributed by atoms with Crippen LogP contribution in [0, 0.1) is 32.1 Å². The molecule has 0 fully saturated rings. The largest absolute Gasteiger partial charge is 0.391 e. The quantitative estimate of drug-likeness (QED) is 0.398. The van der Waals surface area contributed by atoms with E-state index < -0.39 is 0 Å². The van der Waals surface area contributed by atoms with Gasteiger partial charge >= 0.3 is 0 Å². The summed E-state index contributed by atoms with van der Waals surface area (Å²) in [7, 11) is 0. The average Bonchev–Trinajstić information content (AvgIpc) is 2.95. The highest BCUT2D eigenvalue weighted by Gasteiger charge is 2.10. The van der Waals surface area contributed by atoms with Gasteiger partial charge in [-0.3, -0.25) is 0 Å². The third-order valence-electron chi connectivity index (χ3n) is 4.49. The molecule has 27 heavy (non-hydrogen) atoms. The van der Waals surface area contributed by atoms with Gasteiger partial charge in [-0.25, -0.2) is 0 Å². The van der Waals surface area contributed by atoms with Crippen LogP contribution in [0.3, 0.4) is 0 Å². The molecule has 0 aliphatic heterocycles. The van der Waals surface area contributed by atoms with Gasteiger partial charge in [0.1, 0.15) is 6.61 Å². The van der Waals surface area contributed by atoms with Crippen LogP contribution >= 0.6 is 15.9 Å². The van der Waals surface area contributed by atoms with Crippen LogP contribution in [0.1, 0.15) is 33.6 Å². The van der Waals surface area contributed by atoms with Gasteiger partial charge in [-0.1, -0.05) is 39.3 Å². The fraction of sp³-hybridized carbons (Fsp3) is 0.182. The maximum atomic E-state index is 9.12. The Morgan fingerprint density at radius 2 is 1.93 bits per heavy atom. The Kier molecular flexibility index (Phi) is 5.78. The molecule has 1 heterocycles. The summed E-state index contributed by atoms with van der Waals surface area (Å²) < 4.78 is 3.30. The maximum Gasteiger partial charge on any atom is 0.143 e. The molecule has 3 rings (SSSR count). The van der Waals surface area contributed by atoms with E-state index in [0.29, 0.717) is 5.56 Å². The first-order valence-electron chi connectivity index (χ1n) is 8.60. The van der Waals surface area contributed by atoms with E-state index in [9.17, 15) is 0 Å². The number of hydrogen-bond acceptors (Lipinski definition) is 3. The van der Waals surface area contributed by atoms with Crippen molar-refractivity contribution in [2.75, 3.05) is 0 Å². The van der Waals surface area contributed by atoms with Crippen molar-refractivity contribution in [3.05, 3.63) is 86.6 Å². The summed E-state index contributed by atoms with van der Waals surface area (Å²) in [4.78, 5) is 5.41. The normalized spacial score (nSPS) is 10.9. The van der Waals surface area contributed by atoms with Crippen molar-refractivity contribution >= 4 is 22.1 Å². The SMILES string of the molecule is Cc1cc(-n2c(C)cc(/C=N\OCc3ccccc3C#N)c2C)ccc1Br. The van der Waals surface area contributed by atoms with Crippen molar-refractivity contribution in [1.82, 2.24) is 4.57 Å². The molecule has 0 bridgehead atoms. The standard InChI is InChI=1S/C22H20BrN3O/c1-15-10-21(8-9-22(15)23)26-16(2)11-20(17(26)3)13-25-27-14-19-7-5-4-6-18(19)12-24/h4-11,13H,14H2,1-3H3/b25-13-. The maximum absolute atomic E-state index is 9.12. The highest BCUT2D eigenvalue weighted by atomic mass is 79.9. The average molecular weight is 422 g/mol. The Labute approximate surface area is 167 Å². The number of oxime groups is 1. The summed E-state index contributed by atoms with van der Waals surface area (Å²) in [5.74, 6) is 0. The second-order valence-corrected chi connectivity index (χ2v) is 7.23. The van der Waals surface area contributed by atoms with Gasteiger partial charge in [-0.05, 0) is 56.7 Å². The van der Waals surface area contributed by atoms with Crippen LogP contribution in [0.4, 0.5) is 0 Å². The molecule has 0 atom stereocenters. The molecular formula is C22H20BrN3O. The first-order valence-corrected chi connectivity index (χ1v) is 9.39. The Morgan fingerprint density at radius 3 is 2.67 bits per heavy atom. The fourth-order valence-electron chi connectivity index (χ4n) is 3.04. The molecule has 0 saturated heterocycles. The zero-order valence-electron chi connectivity index (χ0n) is 15.5. The topological polar surface area (TPSA) is 50.3 Å². The molecule has 0 N–H and O–H groups in total. The molecule has 0 amide bonds. The molecule has 4 nitrogen and oxygen atoms in total. The second kappa shape index (κ2) is 8.24. The Morgan fingerprint density at radius 1 is 1.15 bits per heavy atom. The van der Waals surface area contributed by atoms with Gasteiger partial charge in [0.05, 0.1) is 17.8 Å². The van der Waals surface area contributed by atoms with Gasteiger partial charge in [-0.15, -0.1) is 0 Å². The fourth-order valence-corrected chi connectivity index (χ4v) is 3.29. The number of hydrogen-bond donors (Lipinski definition) is 0. The van der Waals surface area contributed by atoms with E-state index in [-0.39, 0.29) is 6.61 Å². The number of aryl methyl sites for hydroxylation is 2. The van der Waals surface area contributed by atoms with E-state index in [0.717, 1.165) is 32.7 Å². The van der Waals surface area contributed by atoms with E-state index in [1.165, 1.54) is 5.56 Å². The van der Waals surface area contributed by atoms with Crippen LogP contribution in [-0.2, 0) is 11.4 Å². The lowest BCUT2D eigenvalue weighted by molar-refractivity contribution is 0.132. The van der Waals surface area contributed by atoms with Crippen LogP contribution in [-0.4, -0.2) is 10.8 Å². The van der Waals surface area contributed by atoms with E-state index >= 15 is 0 Å². The van der Waals surface area contributed by atoms with Crippen molar-refractivity contribution in [3.63, 3.8) is 0 Å². The minimum absolute atomic E-state index is 0.269. The molecule has 0 saturated carbocycles. The van der Waals surface area contributed by atoms with Crippen LogP contribution in [0.5, 0.6) is 0 Å². The summed E-state index contributed by atoms with van der Waals surface area (Å²) in [6, 6.07) is 17.9. The van der Waals surface area contributed by atoms with Crippen molar-refractivity contribution in [3.8, 4) is 11.8 Å². The molecule has 0 unspecified atom stereocenters. The summed E-state index contributed by atoms with van der Waals surface area (Å²) in [5, 5.41) is 13.2. The van der Waals surface area contributed by atoms with Gasteiger partial charge in [0.25, 0.3) is 0 Å². The van der Waals surface area contributed by atoms with E-state index in [1.807, 2.05) is 18.2 Å². The van der Waals surface area contributed by atoms with E-state index in [4.69, 9.17) is 10.1 Å². The molecule has 0 radical (unpaired) electrons. The van der Waals surface area contributed by atoms with Gasteiger partial charge in [0, 0.05) is 32.7 Å². The number of nitriles is 1. The van der Waals surface area contributed by atoms with Gasteiger partial charge in [-0.2, -0.15) is 5.26 Å². The van der Waals surface area contributed by atoms with E-state index in [1.54, 1.807) is 12.3 Å². The zero-order valence-corrected chi connectivity index (χ0v) is 17.1. The first kappa shape index (κ1) is 18.9. The number of nitrogens with zero attached hydrogens (tertiary/aromatic N) is 3. The smallest absolute Gasteiger partial charge is 0.143 e. The molecule has 2 aromatic carbocycles. The molecule has 5 heteroatoms. The van der Waals surface area contributed by atoms with Crippen LogP contribution in [0.15, 0.2) is 58.2 Å². The first-order chi connectivity index (χ1) is 13.0.